The fraction of sp³-hybridized carbons (Fsp3) is 0.200. The molecule has 5 nitrogen and oxygen atoms in total. The first kappa shape index (κ1) is 20.6. The second kappa shape index (κ2) is 9.89. The molecule has 0 aliphatic carbocycles. The van der Waals surface area contributed by atoms with Crippen molar-refractivity contribution in [2.45, 2.75) is 12.8 Å². The number of hydrazone groups is 1. The number of rotatable bonds is 7. The van der Waals surface area contributed by atoms with Crippen molar-refractivity contribution in [1.29, 1.82) is 0 Å². The van der Waals surface area contributed by atoms with Gasteiger partial charge in [0.2, 0.25) is 0 Å². The van der Waals surface area contributed by atoms with Crippen LogP contribution >= 0.6 is 0 Å². The lowest BCUT2D eigenvalue weighted by atomic mass is 10.1. The van der Waals surface area contributed by atoms with E-state index in [4.69, 9.17) is 4.74 Å². The van der Waals surface area contributed by atoms with E-state index in [0.29, 0.717) is 17.0 Å². The molecule has 158 valence electrons. The molecule has 31 heavy (non-hydrogen) atoms. The zero-order chi connectivity index (χ0) is 21.5. The third kappa shape index (κ3) is 5.48. The van der Waals surface area contributed by atoms with Crippen molar-refractivity contribution in [3.63, 3.8) is 0 Å². The summed E-state index contributed by atoms with van der Waals surface area (Å²) in [4.78, 5) is 14.0. The molecule has 0 saturated carbocycles. The highest BCUT2D eigenvalue weighted by Gasteiger charge is 2.15. The van der Waals surface area contributed by atoms with Crippen LogP contribution in [0.15, 0.2) is 77.9 Å². The van der Waals surface area contributed by atoms with Crippen molar-refractivity contribution in [2.24, 2.45) is 5.10 Å². The number of amides is 1. The van der Waals surface area contributed by atoms with Gasteiger partial charge in [0.05, 0.1) is 11.9 Å². The van der Waals surface area contributed by atoms with E-state index in [2.05, 4.69) is 10.5 Å². The van der Waals surface area contributed by atoms with Gasteiger partial charge in [-0.05, 0) is 53.8 Å². The summed E-state index contributed by atoms with van der Waals surface area (Å²) < 4.78 is 19.8. The van der Waals surface area contributed by atoms with Crippen molar-refractivity contribution in [3.8, 4) is 16.9 Å². The van der Waals surface area contributed by atoms with Crippen molar-refractivity contribution >= 4 is 17.8 Å². The second-order valence-electron chi connectivity index (χ2n) is 7.38. The minimum Gasteiger partial charge on any atom is -0.484 e. The van der Waals surface area contributed by atoms with Crippen LogP contribution in [0, 0.1) is 5.82 Å². The van der Waals surface area contributed by atoms with Crippen LogP contribution in [0.3, 0.4) is 0 Å². The zero-order valence-electron chi connectivity index (χ0n) is 17.1. The van der Waals surface area contributed by atoms with Crippen LogP contribution in [0.1, 0.15) is 18.4 Å². The van der Waals surface area contributed by atoms with E-state index in [-0.39, 0.29) is 12.4 Å². The molecule has 1 amide bonds. The lowest BCUT2D eigenvalue weighted by Gasteiger charge is -2.18. The molecule has 0 radical (unpaired) electrons. The Balaban J connectivity index is 1.25. The molecule has 3 aromatic carbocycles. The number of anilines is 1. The fourth-order valence-corrected chi connectivity index (χ4v) is 3.55. The van der Waals surface area contributed by atoms with Gasteiger partial charge in [0.1, 0.15) is 11.6 Å². The van der Waals surface area contributed by atoms with Gasteiger partial charge in [-0.1, -0.05) is 48.5 Å². The SMILES string of the molecule is O=C(COc1ccc(-c2ccccc2)cc1)N/N=C/c1ccc(N2CCCC2)c(F)c1. The predicted molar refractivity (Wildman–Crippen MR) is 121 cm³/mol. The Hall–Kier alpha value is -3.67. The topological polar surface area (TPSA) is 53.9 Å². The third-order valence-electron chi connectivity index (χ3n) is 5.15. The highest BCUT2D eigenvalue weighted by atomic mass is 19.1. The van der Waals surface area contributed by atoms with Gasteiger partial charge in [-0.25, -0.2) is 9.82 Å². The molecule has 0 spiro atoms. The van der Waals surface area contributed by atoms with E-state index in [1.54, 1.807) is 12.1 Å². The van der Waals surface area contributed by atoms with Crippen molar-refractivity contribution in [3.05, 3.63) is 84.2 Å². The molecule has 0 aromatic heterocycles. The number of nitrogens with one attached hydrogen (secondary N) is 1. The number of halogens is 1. The van der Waals surface area contributed by atoms with Crippen molar-refractivity contribution in [1.82, 2.24) is 5.43 Å². The Bertz CT molecular complexity index is 1050. The van der Waals surface area contributed by atoms with Gasteiger partial charge >= 0.3 is 0 Å². The zero-order valence-corrected chi connectivity index (χ0v) is 17.1. The highest BCUT2D eigenvalue weighted by molar-refractivity contribution is 5.83. The van der Waals surface area contributed by atoms with Gasteiger partial charge in [-0.15, -0.1) is 0 Å². The number of ether oxygens (including phenoxy) is 1. The highest BCUT2D eigenvalue weighted by Crippen LogP contribution is 2.24. The maximum atomic E-state index is 14.3. The van der Waals surface area contributed by atoms with Crippen molar-refractivity contribution in [2.75, 3.05) is 24.6 Å². The summed E-state index contributed by atoms with van der Waals surface area (Å²) in [5, 5.41) is 3.89. The van der Waals surface area contributed by atoms with E-state index < -0.39 is 5.91 Å². The molecule has 0 atom stereocenters. The molecule has 1 saturated heterocycles. The molecule has 1 aliphatic heterocycles. The molecular weight excluding hydrogens is 393 g/mol. The van der Waals surface area contributed by atoms with Gasteiger partial charge in [-0.2, -0.15) is 5.10 Å². The fourth-order valence-electron chi connectivity index (χ4n) is 3.55. The molecule has 1 aliphatic rings. The number of hydrogen-bond acceptors (Lipinski definition) is 4. The van der Waals surface area contributed by atoms with E-state index in [1.165, 1.54) is 12.3 Å². The van der Waals surface area contributed by atoms with Crippen LogP contribution in [-0.2, 0) is 4.79 Å². The largest absolute Gasteiger partial charge is 0.484 e. The number of carbonyl (C=O) groups is 1. The molecule has 3 aromatic rings. The molecule has 1 fully saturated rings. The molecule has 0 unspecified atom stereocenters. The van der Waals surface area contributed by atoms with Gasteiger partial charge in [0.15, 0.2) is 6.61 Å². The Morgan fingerprint density at radius 3 is 2.42 bits per heavy atom. The summed E-state index contributed by atoms with van der Waals surface area (Å²) in [5.74, 6) is -0.0737. The maximum Gasteiger partial charge on any atom is 0.277 e. The van der Waals surface area contributed by atoms with Gasteiger partial charge < -0.3 is 9.64 Å². The quantitative estimate of drug-likeness (QED) is 0.451. The molecule has 1 heterocycles. The summed E-state index contributed by atoms with van der Waals surface area (Å²) in [5.41, 5.74) is 5.79. The molecular formula is C25H24FN3O2. The van der Waals surface area contributed by atoms with Crippen LogP contribution in [0.4, 0.5) is 10.1 Å². The summed E-state index contributed by atoms with van der Waals surface area (Å²) in [6.45, 7) is 1.61. The first-order valence-corrected chi connectivity index (χ1v) is 10.3. The Labute approximate surface area is 181 Å². The normalized spacial score (nSPS) is 13.5. The maximum absolute atomic E-state index is 14.3. The average Bonchev–Trinajstić information content (AvgIpc) is 3.33. The van der Waals surface area contributed by atoms with Crippen LogP contribution in [0.2, 0.25) is 0 Å². The third-order valence-corrected chi connectivity index (χ3v) is 5.15. The summed E-state index contributed by atoms with van der Waals surface area (Å²) >= 11 is 0. The predicted octanol–water partition coefficient (Wildman–Crippen LogP) is 4.62. The van der Waals surface area contributed by atoms with Crippen molar-refractivity contribution < 1.29 is 13.9 Å². The smallest absolute Gasteiger partial charge is 0.277 e. The Morgan fingerprint density at radius 2 is 1.71 bits per heavy atom. The Morgan fingerprint density at radius 1 is 1.00 bits per heavy atom. The first-order chi connectivity index (χ1) is 15.2. The molecule has 1 N–H and O–H groups in total. The number of carbonyl (C=O) groups excluding carboxylic acids is 1. The van der Waals surface area contributed by atoms with Crippen LogP contribution < -0.4 is 15.1 Å². The first-order valence-electron chi connectivity index (χ1n) is 10.3. The lowest BCUT2D eigenvalue weighted by molar-refractivity contribution is -0.123. The molecule has 0 bridgehead atoms. The average molecular weight is 417 g/mol. The molecule has 6 heteroatoms. The summed E-state index contributed by atoms with van der Waals surface area (Å²) in [6, 6.07) is 22.5. The molecule has 4 rings (SSSR count). The Kier molecular flexibility index (Phi) is 6.57. The minimum atomic E-state index is -0.391. The summed E-state index contributed by atoms with van der Waals surface area (Å²) in [6.07, 6.45) is 3.60. The number of benzene rings is 3. The minimum absolute atomic E-state index is 0.162. The van der Waals surface area contributed by atoms with Gasteiger partial charge in [-0.3, -0.25) is 4.79 Å². The van der Waals surface area contributed by atoms with Crippen LogP contribution in [-0.4, -0.2) is 31.8 Å². The van der Waals surface area contributed by atoms with Gasteiger partial charge in [0.25, 0.3) is 5.91 Å². The second-order valence-corrected chi connectivity index (χ2v) is 7.38. The van der Waals surface area contributed by atoms with E-state index in [9.17, 15) is 9.18 Å². The van der Waals surface area contributed by atoms with E-state index in [0.717, 1.165) is 37.1 Å². The standard InChI is InChI=1S/C25H24FN3O2/c26-23-16-19(8-13-24(23)29-14-4-5-15-29)17-27-28-25(30)18-31-22-11-9-21(10-12-22)20-6-2-1-3-7-20/h1-3,6-13,16-17H,4-5,14-15,18H2,(H,28,30)/b27-17+. The van der Waals surface area contributed by atoms with Crippen LogP contribution in [0.5, 0.6) is 5.75 Å². The monoisotopic (exact) mass is 417 g/mol. The van der Waals surface area contributed by atoms with E-state index in [1.807, 2.05) is 59.5 Å². The number of nitrogens with zero attached hydrogens (tertiary/aromatic N) is 2. The summed E-state index contributed by atoms with van der Waals surface area (Å²) in [7, 11) is 0. The lowest BCUT2D eigenvalue weighted by Crippen LogP contribution is -2.24. The van der Waals surface area contributed by atoms with Crippen LogP contribution in [0.25, 0.3) is 11.1 Å². The van der Waals surface area contributed by atoms with Gasteiger partial charge in [0, 0.05) is 13.1 Å². The number of hydrogen-bond donors (Lipinski definition) is 1. The van der Waals surface area contributed by atoms with E-state index >= 15 is 0 Å².